The number of amides is 1. The standard InChI is InChI=1S/C9H12O2.C7H8S.C6H5ClN2O.C3H8.2C2H6/c1-7-6-8(10-2)4-5-9(7)11-3;1-8-7-5-3-2-4-6-7;7-5-1-6(9-4-10)3-8-2-5;1-3-2;2*1-2/h4-6H,1-3H3;2-6H,1H3;1-4H,(H,9,10);3H2,1-2H3;2*1-2H3. The number of anilines is 1. The summed E-state index contributed by atoms with van der Waals surface area (Å²) in [4.78, 5) is 15.0. The van der Waals surface area contributed by atoms with E-state index in [1.54, 1.807) is 32.0 Å². The number of thioether (sulfide) groups is 1. The van der Waals surface area contributed by atoms with Crippen LogP contribution in [0.3, 0.4) is 0 Å². The number of hydrogen-bond acceptors (Lipinski definition) is 5. The molecule has 0 fully saturated rings. The highest BCUT2D eigenvalue weighted by atomic mass is 35.5. The average molecular weight is 537 g/mol. The first-order valence-electron chi connectivity index (χ1n) is 12.0. The van der Waals surface area contributed by atoms with E-state index in [-0.39, 0.29) is 0 Å². The van der Waals surface area contributed by atoms with Crippen LogP contribution < -0.4 is 14.8 Å². The number of pyridine rings is 1. The molecular formula is C29H45ClN2O3S. The fourth-order valence-electron chi connectivity index (χ4n) is 2.09. The van der Waals surface area contributed by atoms with Crippen LogP contribution in [0.15, 0.2) is 71.9 Å². The molecule has 202 valence electrons. The molecule has 0 saturated carbocycles. The van der Waals surface area contributed by atoms with Crippen molar-refractivity contribution >= 4 is 35.5 Å². The molecule has 36 heavy (non-hydrogen) atoms. The Kier molecular flexibility index (Phi) is 30.0. The number of carbonyl (C=O) groups is 1. The Morgan fingerprint density at radius 3 is 1.92 bits per heavy atom. The predicted molar refractivity (Wildman–Crippen MR) is 160 cm³/mol. The van der Waals surface area contributed by atoms with Gasteiger partial charge in [0.05, 0.1) is 31.1 Å². The van der Waals surface area contributed by atoms with Crippen molar-refractivity contribution in [2.45, 2.75) is 59.8 Å². The molecule has 1 amide bonds. The molecule has 0 aliphatic rings. The van der Waals surface area contributed by atoms with Crippen LogP contribution >= 0.6 is 23.4 Å². The third-order valence-corrected chi connectivity index (χ3v) is 4.46. The molecule has 0 saturated heterocycles. The molecule has 0 bridgehead atoms. The minimum absolute atomic E-state index is 0.506. The van der Waals surface area contributed by atoms with Crippen molar-refractivity contribution in [3.63, 3.8) is 0 Å². The van der Waals surface area contributed by atoms with Gasteiger partial charge in [-0.2, -0.15) is 0 Å². The van der Waals surface area contributed by atoms with Crippen molar-refractivity contribution in [3.8, 4) is 11.5 Å². The third-order valence-electron chi connectivity index (χ3n) is 3.51. The lowest BCUT2D eigenvalue weighted by molar-refractivity contribution is -0.105. The van der Waals surface area contributed by atoms with Gasteiger partial charge < -0.3 is 14.8 Å². The lowest BCUT2D eigenvalue weighted by atomic mass is 10.2. The fraction of sp³-hybridized carbons (Fsp3) is 0.379. The van der Waals surface area contributed by atoms with E-state index in [0.29, 0.717) is 17.1 Å². The summed E-state index contributed by atoms with van der Waals surface area (Å²) in [6.07, 6.45) is 6.92. The van der Waals surface area contributed by atoms with Gasteiger partial charge >= 0.3 is 0 Å². The molecule has 0 radical (unpaired) electrons. The minimum atomic E-state index is 0.506. The number of hydrogen-bond donors (Lipinski definition) is 1. The first-order valence-corrected chi connectivity index (χ1v) is 13.6. The molecule has 1 N–H and O–H groups in total. The molecule has 0 aliphatic heterocycles. The number of carbonyl (C=O) groups excluding carboxylic acids is 1. The van der Waals surface area contributed by atoms with Crippen molar-refractivity contribution in [3.05, 3.63) is 77.6 Å². The van der Waals surface area contributed by atoms with Crippen molar-refractivity contribution in [2.24, 2.45) is 0 Å². The molecule has 1 aromatic heterocycles. The zero-order valence-electron chi connectivity index (χ0n) is 23.6. The summed E-state index contributed by atoms with van der Waals surface area (Å²) in [6.45, 7) is 14.2. The van der Waals surface area contributed by atoms with Gasteiger partial charge in [-0.3, -0.25) is 9.78 Å². The second-order valence-electron chi connectivity index (χ2n) is 6.21. The van der Waals surface area contributed by atoms with E-state index < -0.39 is 0 Å². The van der Waals surface area contributed by atoms with Crippen LogP contribution in [0.1, 0.15) is 53.5 Å². The Morgan fingerprint density at radius 2 is 1.53 bits per heavy atom. The monoisotopic (exact) mass is 536 g/mol. The van der Waals surface area contributed by atoms with E-state index in [9.17, 15) is 4.79 Å². The molecule has 0 atom stereocenters. The van der Waals surface area contributed by atoms with Crippen molar-refractivity contribution in [2.75, 3.05) is 25.8 Å². The van der Waals surface area contributed by atoms with Gasteiger partial charge in [-0.25, -0.2) is 0 Å². The summed E-state index contributed by atoms with van der Waals surface area (Å²) < 4.78 is 10.1. The van der Waals surface area contributed by atoms with Crippen LogP contribution in [0.2, 0.25) is 5.02 Å². The second kappa shape index (κ2) is 28.5. The van der Waals surface area contributed by atoms with Gasteiger partial charge in [0.1, 0.15) is 11.5 Å². The van der Waals surface area contributed by atoms with Crippen LogP contribution in [-0.4, -0.2) is 31.9 Å². The zero-order chi connectivity index (χ0) is 28.2. The van der Waals surface area contributed by atoms with Crippen LogP contribution in [0.4, 0.5) is 5.69 Å². The number of nitrogens with zero attached hydrogens (tertiary/aromatic N) is 1. The number of nitrogens with one attached hydrogen (secondary N) is 1. The topological polar surface area (TPSA) is 60.5 Å². The van der Waals surface area contributed by atoms with Gasteiger partial charge in [0, 0.05) is 11.1 Å². The Bertz CT molecular complexity index is 881. The van der Waals surface area contributed by atoms with E-state index in [0.717, 1.165) is 17.1 Å². The Morgan fingerprint density at radius 1 is 0.944 bits per heavy atom. The van der Waals surface area contributed by atoms with Gasteiger partial charge in [-0.1, -0.05) is 77.8 Å². The maximum atomic E-state index is 9.90. The van der Waals surface area contributed by atoms with Crippen molar-refractivity contribution in [1.29, 1.82) is 0 Å². The van der Waals surface area contributed by atoms with Crippen LogP contribution in [-0.2, 0) is 4.79 Å². The maximum absolute atomic E-state index is 9.90. The van der Waals surface area contributed by atoms with Gasteiger partial charge in [-0.15, -0.1) is 11.8 Å². The molecule has 0 unspecified atom stereocenters. The quantitative estimate of drug-likeness (QED) is 0.260. The van der Waals surface area contributed by atoms with Crippen LogP contribution in [0.5, 0.6) is 11.5 Å². The summed E-state index contributed by atoms with van der Waals surface area (Å²) in [6, 6.07) is 17.7. The molecule has 7 heteroatoms. The van der Waals surface area contributed by atoms with Gasteiger partial charge in [0.2, 0.25) is 6.41 Å². The molecule has 3 rings (SSSR count). The number of aromatic nitrogens is 1. The molecule has 0 aliphatic carbocycles. The van der Waals surface area contributed by atoms with E-state index >= 15 is 0 Å². The predicted octanol–water partition coefficient (Wildman–Crippen LogP) is 9.19. The maximum Gasteiger partial charge on any atom is 0.211 e. The highest BCUT2D eigenvalue weighted by Gasteiger charge is 1.98. The van der Waals surface area contributed by atoms with Crippen molar-refractivity contribution < 1.29 is 14.3 Å². The molecule has 2 aromatic carbocycles. The number of aryl methyl sites for hydroxylation is 1. The van der Waals surface area contributed by atoms with Crippen molar-refractivity contribution in [1.82, 2.24) is 4.98 Å². The lowest BCUT2D eigenvalue weighted by Gasteiger charge is -2.05. The van der Waals surface area contributed by atoms with Crippen LogP contribution in [0, 0.1) is 6.92 Å². The smallest absolute Gasteiger partial charge is 0.211 e. The fourth-order valence-corrected chi connectivity index (χ4v) is 2.70. The largest absolute Gasteiger partial charge is 0.497 e. The third kappa shape index (κ3) is 20.7. The highest BCUT2D eigenvalue weighted by molar-refractivity contribution is 7.98. The first kappa shape index (κ1) is 37.8. The molecule has 1 heterocycles. The molecule has 3 aromatic rings. The van der Waals surface area contributed by atoms with E-state index in [4.69, 9.17) is 21.1 Å². The first-order chi connectivity index (χ1) is 17.4. The summed E-state index contributed by atoms with van der Waals surface area (Å²) in [7, 11) is 3.32. The highest BCUT2D eigenvalue weighted by Crippen LogP contribution is 2.22. The summed E-state index contributed by atoms with van der Waals surface area (Å²) in [5.41, 5.74) is 1.69. The Labute approximate surface area is 229 Å². The van der Waals surface area contributed by atoms with Gasteiger partial charge in [0.25, 0.3) is 0 Å². The average Bonchev–Trinajstić information content (AvgIpc) is 2.93. The van der Waals surface area contributed by atoms with Crippen LogP contribution in [0.25, 0.3) is 0 Å². The summed E-state index contributed by atoms with van der Waals surface area (Å²) in [5.74, 6) is 1.76. The number of benzene rings is 2. The van der Waals surface area contributed by atoms with Gasteiger partial charge in [0.15, 0.2) is 0 Å². The molecule has 5 nitrogen and oxygen atoms in total. The summed E-state index contributed by atoms with van der Waals surface area (Å²) in [5, 5.41) is 2.93. The summed E-state index contributed by atoms with van der Waals surface area (Å²) >= 11 is 7.33. The molecular weight excluding hydrogens is 492 g/mol. The normalized spacial score (nSPS) is 8.19. The number of rotatable bonds is 5. The number of halogens is 1. The second-order valence-corrected chi connectivity index (χ2v) is 7.53. The zero-order valence-corrected chi connectivity index (χ0v) is 25.2. The number of methoxy groups -OCH3 is 2. The van der Waals surface area contributed by atoms with Gasteiger partial charge in [-0.05, 0) is 55.1 Å². The SMILES string of the molecule is CC.CC.CCC.COc1ccc(OC)c(C)c1.CSc1ccccc1.O=CNc1cncc(Cl)c1. The van der Waals surface area contributed by atoms with E-state index in [1.165, 1.54) is 23.7 Å². The Hall–Kier alpha value is -2.70. The minimum Gasteiger partial charge on any atom is -0.497 e. The number of ether oxygens (including phenoxy) is 2. The Balaban J connectivity index is -0.000000406. The molecule has 0 spiro atoms. The lowest BCUT2D eigenvalue weighted by Crippen LogP contribution is -1.93. The van der Waals surface area contributed by atoms with E-state index in [2.05, 4.69) is 42.5 Å². The van der Waals surface area contributed by atoms with E-state index in [1.807, 2.05) is 71.0 Å².